The van der Waals surface area contributed by atoms with Crippen LogP contribution in [0, 0.1) is 13.8 Å². The van der Waals surface area contributed by atoms with Crippen LogP contribution in [0.2, 0.25) is 0 Å². The first-order valence-corrected chi connectivity index (χ1v) is 13.4. The normalized spacial score (nSPS) is 15.6. The number of hydrogen-bond donors (Lipinski definition) is 1. The monoisotopic (exact) mass is 495 g/mol. The number of nitrogens with zero attached hydrogens (tertiary/aromatic N) is 4. The number of ether oxygens (including phenoxy) is 1. The zero-order valence-corrected chi connectivity index (χ0v) is 21.6. The number of benzene rings is 1. The van der Waals surface area contributed by atoms with Crippen molar-refractivity contribution in [3.63, 3.8) is 0 Å². The van der Waals surface area contributed by atoms with Gasteiger partial charge in [0.1, 0.15) is 16.4 Å². The maximum Gasteiger partial charge on any atom is 0.259 e. The molecule has 3 heterocycles. The number of H-pyrrole nitrogens is 1. The van der Waals surface area contributed by atoms with E-state index < -0.39 is 0 Å². The number of nitrogens with one attached hydrogen (secondary N) is 1. The van der Waals surface area contributed by atoms with Crippen LogP contribution in [-0.2, 0) is 0 Å². The lowest BCUT2D eigenvalue weighted by Gasteiger charge is -2.26. The quantitative estimate of drug-likeness (QED) is 0.319. The molecule has 0 aliphatic heterocycles. The van der Waals surface area contributed by atoms with Gasteiger partial charge in [0.25, 0.3) is 5.56 Å². The first-order chi connectivity index (χ1) is 16.5. The van der Waals surface area contributed by atoms with Gasteiger partial charge in [-0.2, -0.15) is 0 Å². The molecule has 0 spiro atoms. The highest BCUT2D eigenvalue weighted by Gasteiger charge is 2.26. The van der Waals surface area contributed by atoms with E-state index in [4.69, 9.17) is 9.72 Å². The van der Waals surface area contributed by atoms with E-state index in [1.165, 1.54) is 19.3 Å². The van der Waals surface area contributed by atoms with Gasteiger partial charge in [-0.3, -0.25) is 9.36 Å². The van der Waals surface area contributed by atoms with Crippen molar-refractivity contribution in [3.05, 3.63) is 50.9 Å². The molecule has 3 aromatic heterocycles. The molecule has 0 radical (unpaired) electrons. The molecular weight excluding hydrogens is 466 g/mol. The molecular formula is C25H29N5O2S2. The van der Waals surface area contributed by atoms with E-state index in [1.807, 2.05) is 38.1 Å². The Hall–Kier alpha value is -2.65. The summed E-state index contributed by atoms with van der Waals surface area (Å²) in [7, 11) is 1.67. The first-order valence-electron chi connectivity index (χ1n) is 11.7. The summed E-state index contributed by atoms with van der Waals surface area (Å²) >= 11 is 3.18. The molecule has 1 aromatic carbocycles. The largest absolute Gasteiger partial charge is 0.497 e. The summed E-state index contributed by atoms with van der Waals surface area (Å²) in [6, 6.07) is 8.36. The third kappa shape index (κ3) is 4.27. The minimum atomic E-state index is -0.0740. The third-order valence-electron chi connectivity index (χ3n) is 6.68. The van der Waals surface area contributed by atoms with Gasteiger partial charge in [0.2, 0.25) is 0 Å². The van der Waals surface area contributed by atoms with Crippen molar-refractivity contribution < 1.29 is 4.74 Å². The average molecular weight is 496 g/mol. The third-order valence-corrected chi connectivity index (χ3v) is 8.84. The highest BCUT2D eigenvalue weighted by Crippen LogP contribution is 2.40. The number of thioether (sulfide) groups is 1. The van der Waals surface area contributed by atoms with E-state index in [2.05, 4.69) is 26.7 Å². The molecule has 0 amide bonds. The van der Waals surface area contributed by atoms with E-state index >= 15 is 0 Å². The predicted molar refractivity (Wildman–Crippen MR) is 138 cm³/mol. The second-order valence-corrected chi connectivity index (χ2v) is 11.4. The minimum absolute atomic E-state index is 0.0676. The minimum Gasteiger partial charge on any atom is -0.497 e. The molecule has 0 unspecified atom stereocenters. The molecule has 5 rings (SSSR count). The SMILES string of the molecule is COc1ccc(-c2nnc(S[C@@H](C)c3nc4sc(C)c(C)c4c(=O)[nH]3)n2C2CCCCC2)cc1. The number of fused-ring (bicyclic) bond motifs is 1. The summed E-state index contributed by atoms with van der Waals surface area (Å²) < 4.78 is 7.63. The van der Waals surface area contributed by atoms with Gasteiger partial charge in [-0.05, 0) is 63.4 Å². The highest BCUT2D eigenvalue weighted by atomic mass is 32.2. The molecule has 1 N–H and O–H groups in total. The van der Waals surface area contributed by atoms with Crippen LogP contribution in [0.15, 0.2) is 34.2 Å². The summed E-state index contributed by atoms with van der Waals surface area (Å²) in [5.74, 6) is 2.37. The van der Waals surface area contributed by atoms with Gasteiger partial charge < -0.3 is 9.72 Å². The zero-order valence-electron chi connectivity index (χ0n) is 19.9. The van der Waals surface area contributed by atoms with Crippen molar-refractivity contribution in [2.45, 2.75) is 69.3 Å². The van der Waals surface area contributed by atoms with Crippen LogP contribution < -0.4 is 10.3 Å². The van der Waals surface area contributed by atoms with Crippen LogP contribution in [0.1, 0.15) is 66.6 Å². The maximum absolute atomic E-state index is 12.8. The van der Waals surface area contributed by atoms with Gasteiger partial charge in [-0.25, -0.2) is 4.98 Å². The molecule has 1 atom stereocenters. The van der Waals surface area contributed by atoms with Crippen molar-refractivity contribution in [1.29, 1.82) is 0 Å². The molecule has 34 heavy (non-hydrogen) atoms. The lowest BCUT2D eigenvalue weighted by Crippen LogP contribution is -2.16. The van der Waals surface area contributed by atoms with E-state index in [9.17, 15) is 4.79 Å². The molecule has 178 valence electrons. The Morgan fingerprint density at radius 2 is 1.88 bits per heavy atom. The molecule has 0 saturated heterocycles. The Kier molecular flexibility index (Phi) is 6.48. The van der Waals surface area contributed by atoms with Crippen molar-refractivity contribution in [3.8, 4) is 17.1 Å². The van der Waals surface area contributed by atoms with Gasteiger partial charge in [-0.1, -0.05) is 31.0 Å². The van der Waals surface area contributed by atoms with Gasteiger partial charge in [-0.15, -0.1) is 21.5 Å². The van der Waals surface area contributed by atoms with Gasteiger partial charge in [0.05, 0.1) is 17.7 Å². The Morgan fingerprint density at radius 3 is 2.59 bits per heavy atom. The molecule has 0 bridgehead atoms. The van der Waals surface area contributed by atoms with Gasteiger partial charge in [0.15, 0.2) is 11.0 Å². The lowest BCUT2D eigenvalue weighted by atomic mass is 9.95. The summed E-state index contributed by atoms with van der Waals surface area (Å²) in [6.07, 6.45) is 5.95. The van der Waals surface area contributed by atoms with E-state index in [0.717, 1.165) is 50.4 Å². The molecule has 1 saturated carbocycles. The number of methoxy groups -OCH3 is 1. The number of aromatic nitrogens is 5. The van der Waals surface area contributed by atoms with Crippen LogP contribution >= 0.6 is 23.1 Å². The van der Waals surface area contributed by atoms with Crippen LogP contribution in [0.25, 0.3) is 21.6 Å². The molecule has 1 fully saturated rings. The fourth-order valence-electron chi connectivity index (χ4n) is 4.64. The number of thiophene rings is 1. The Labute approximate surface area is 207 Å². The molecule has 7 nitrogen and oxygen atoms in total. The van der Waals surface area contributed by atoms with E-state index in [0.29, 0.717) is 17.3 Å². The van der Waals surface area contributed by atoms with Gasteiger partial charge in [0, 0.05) is 16.5 Å². The van der Waals surface area contributed by atoms with Crippen LogP contribution in [0.4, 0.5) is 0 Å². The van der Waals surface area contributed by atoms with Crippen LogP contribution in [0.5, 0.6) is 5.75 Å². The van der Waals surface area contributed by atoms with Gasteiger partial charge >= 0.3 is 0 Å². The fraction of sp³-hybridized carbons (Fsp3) is 0.440. The second-order valence-electron chi connectivity index (χ2n) is 8.87. The number of aromatic amines is 1. The molecule has 1 aliphatic carbocycles. The topological polar surface area (TPSA) is 85.7 Å². The number of aryl methyl sites for hydroxylation is 2. The maximum atomic E-state index is 12.8. The summed E-state index contributed by atoms with van der Waals surface area (Å²) in [4.78, 5) is 22.6. The zero-order chi connectivity index (χ0) is 23.8. The Bertz CT molecular complexity index is 1370. The fourth-order valence-corrected chi connectivity index (χ4v) is 6.65. The van der Waals surface area contributed by atoms with E-state index in [1.54, 1.807) is 30.2 Å². The predicted octanol–water partition coefficient (Wildman–Crippen LogP) is 6.23. The summed E-state index contributed by atoms with van der Waals surface area (Å²) in [6.45, 7) is 6.08. The molecule has 9 heteroatoms. The average Bonchev–Trinajstić information content (AvgIpc) is 3.40. The standard InChI is InChI=1S/C25H29N5O2S2/c1-14-15(2)33-24-20(14)23(31)26-21(27-24)16(3)34-25-29-28-22(17-10-12-19(32-4)13-11-17)30(25)18-8-6-5-7-9-18/h10-13,16,18H,5-9H2,1-4H3,(H,26,27,31)/t16-/m0/s1. The molecule has 1 aliphatic rings. The Morgan fingerprint density at radius 1 is 1.15 bits per heavy atom. The van der Waals surface area contributed by atoms with E-state index in [-0.39, 0.29) is 10.8 Å². The van der Waals surface area contributed by atoms with Crippen molar-refractivity contribution in [2.24, 2.45) is 0 Å². The van der Waals surface area contributed by atoms with Crippen molar-refractivity contribution in [2.75, 3.05) is 7.11 Å². The van der Waals surface area contributed by atoms with Crippen LogP contribution in [0.3, 0.4) is 0 Å². The lowest BCUT2D eigenvalue weighted by molar-refractivity contribution is 0.339. The second kappa shape index (κ2) is 9.54. The smallest absolute Gasteiger partial charge is 0.259 e. The van der Waals surface area contributed by atoms with Crippen molar-refractivity contribution >= 4 is 33.3 Å². The molecule has 4 aromatic rings. The summed E-state index contributed by atoms with van der Waals surface area (Å²) in [5.41, 5.74) is 1.97. The summed E-state index contributed by atoms with van der Waals surface area (Å²) in [5, 5.41) is 10.7. The van der Waals surface area contributed by atoms with Crippen molar-refractivity contribution in [1.82, 2.24) is 24.7 Å². The van der Waals surface area contributed by atoms with Crippen LogP contribution in [-0.4, -0.2) is 31.8 Å². The first kappa shape index (κ1) is 23.1. The highest BCUT2D eigenvalue weighted by molar-refractivity contribution is 7.99. The Balaban J connectivity index is 1.51. The number of hydrogen-bond acceptors (Lipinski definition) is 7. The number of rotatable bonds is 6.